The van der Waals surface area contributed by atoms with Crippen LogP contribution >= 0.6 is 0 Å². The molecule has 0 amide bonds. The van der Waals surface area contributed by atoms with Crippen molar-refractivity contribution >= 4 is 0 Å². The van der Waals surface area contributed by atoms with Gasteiger partial charge in [0.1, 0.15) is 0 Å². The maximum absolute atomic E-state index is 5.41. The molecule has 12 heavy (non-hydrogen) atoms. The van der Waals surface area contributed by atoms with Gasteiger partial charge >= 0.3 is 0 Å². The second-order valence-electron chi connectivity index (χ2n) is 2.95. The number of nitrogens with zero attached hydrogens (tertiary/aromatic N) is 1. The summed E-state index contributed by atoms with van der Waals surface area (Å²) in [5.74, 6) is 0. The molecule has 0 spiro atoms. The van der Waals surface area contributed by atoms with E-state index in [2.05, 4.69) is 22.6 Å². The lowest BCUT2D eigenvalue weighted by molar-refractivity contribution is 0.340. The zero-order valence-corrected chi connectivity index (χ0v) is 8.27. The van der Waals surface area contributed by atoms with Crippen LogP contribution in [0.15, 0.2) is 0 Å². The van der Waals surface area contributed by atoms with Crippen molar-refractivity contribution in [3.05, 3.63) is 0 Å². The van der Waals surface area contributed by atoms with Gasteiger partial charge < -0.3 is 21.3 Å². The van der Waals surface area contributed by atoms with Gasteiger partial charge in [-0.3, -0.25) is 0 Å². The van der Waals surface area contributed by atoms with E-state index in [0.29, 0.717) is 0 Å². The Hall–Kier alpha value is -0.160. The van der Waals surface area contributed by atoms with Crippen molar-refractivity contribution in [2.24, 2.45) is 5.73 Å². The van der Waals surface area contributed by atoms with Crippen LogP contribution in [0.4, 0.5) is 0 Å². The summed E-state index contributed by atoms with van der Waals surface area (Å²) in [7, 11) is 4.05. The number of nitrogens with two attached hydrogens (primary N) is 1. The van der Waals surface area contributed by atoms with E-state index in [1.54, 1.807) is 0 Å². The summed E-state index contributed by atoms with van der Waals surface area (Å²) in [6.07, 6.45) is 0. The molecular weight excluding hydrogens is 152 g/mol. The number of rotatable bonds is 8. The molecular formula is C8H22N4. The zero-order valence-electron chi connectivity index (χ0n) is 8.27. The Labute approximate surface area is 75.5 Å². The maximum Gasteiger partial charge on any atom is 0.0104 e. The van der Waals surface area contributed by atoms with E-state index >= 15 is 0 Å². The molecule has 0 radical (unpaired) electrons. The van der Waals surface area contributed by atoms with Crippen molar-refractivity contribution in [2.75, 3.05) is 53.4 Å². The average molecular weight is 174 g/mol. The van der Waals surface area contributed by atoms with E-state index in [1.165, 1.54) is 0 Å². The molecule has 0 aliphatic rings. The van der Waals surface area contributed by atoms with Crippen molar-refractivity contribution in [2.45, 2.75) is 0 Å². The average Bonchev–Trinajstić information content (AvgIpc) is 2.05. The number of likely N-dealkylation sites (N-methyl/N-ethyl adjacent to an activating group) is 2. The van der Waals surface area contributed by atoms with Crippen LogP contribution in [0, 0.1) is 0 Å². The first kappa shape index (κ1) is 11.8. The maximum atomic E-state index is 5.41. The molecule has 4 heteroatoms. The molecule has 0 aliphatic heterocycles. The zero-order chi connectivity index (χ0) is 9.23. The summed E-state index contributed by atoms with van der Waals surface area (Å²) in [6.45, 7) is 5.90. The van der Waals surface area contributed by atoms with Crippen molar-refractivity contribution in [3.8, 4) is 0 Å². The molecule has 0 heterocycles. The first-order chi connectivity index (χ1) is 5.81. The van der Waals surface area contributed by atoms with Crippen molar-refractivity contribution in [3.63, 3.8) is 0 Å². The summed E-state index contributed by atoms with van der Waals surface area (Å²) in [5.41, 5.74) is 5.41. The third-order valence-electron chi connectivity index (χ3n) is 1.73. The van der Waals surface area contributed by atoms with Gasteiger partial charge in [-0.25, -0.2) is 0 Å². The molecule has 0 aromatic rings. The Morgan fingerprint density at radius 3 is 2.50 bits per heavy atom. The molecule has 0 saturated carbocycles. The van der Waals surface area contributed by atoms with Crippen LogP contribution in [0.5, 0.6) is 0 Å². The van der Waals surface area contributed by atoms with Crippen LogP contribution in [-0.2, 0) is 0 Å². The Balaban J connectivity index is 2.97. The molecule has 0 atom stereocenters. The van der Waals surface area contributed by atoms with Crippen LogP contribution in [0.3, 0.4) is 0 Å². The van der Waals surface area contributed by atoms with Gasteiger partial charge in [-0.2, -0.15) is 0 Å². The summed E-state index contributed by atoms with van der Waals surface area (Å²) in [5, 5.41) is 6.42. The fraction of sp³-hybridized carbons (Fsp3) is 1.00. The largest absolute Gasteiger partial charge is 0.329 e. The molecule has 4 N–H and O–H groups in total. The molecule has 0 aromatic carbocycles. The van der Waals surface area contributed by atoms with Crippen LogP contribution in [0.25, 0.3) is 0 Å². The van der Waals surface area contributed by atoms with Crippen LogP contribution in [-0.4, -0.2) is 58.3 Å². The highest BCUT2D eigenvalue weighted by atomic mass is 15.1. The lowest BCUT2D eigenvalue weighted by Crippen LogP contribution is -2.34. The lowest BCUT2D eigenvalue weighted by atomic mass is 10.5. The van der Waals surface area contributed by atoms with E-state index in [-0.39, 0.29) is 0 Å². The molecule has 0 bridgehead atoms. The molecule has 0 fully saturated rings. The standard InChI is InChI=1S/C8H22N4/c1-10-4-5-11-6-8-12(2)7-3-9/h10-11H,3-9H2,1-2H3. The molecule has 74 valence electrons. The predicted octanol–water partition coefficient (Wildman–Crippen LogP) is -1.31. The summed E-state index contributed by atoms with van der Waals surface area (Å²) >= 11 is 0. The minimum Gasteiger partial charge on any atom is -0.329 e. The molecule has 0 rings (SSSR count). The third kappa shape index (κ3) is 7.94. The van der Waals surface area contributed by atoms with Gasteiger partial charge in [-0.1, -0.05) is 0 Å². The summed E-state index contributed by atoms with van der Waals surface area (Å²) < 4.78 is 0. The fourth-order valence-electron chi connectivity index (χ4n) is 0.940. The number of hydrogen-bond donors (Lipinski definition) is 3. The topological polar surface area (TPSA) is 53.3 Å². The van der Waals surface area contributed by atoms with Gasteiger partial charge in [-0.15, -0.1) is 0 Å². The minimum atomic E-state index is 0.743. The van der Waals surface area contributed by atoms with Gasteiger partial charge in [0.05, 0.1) is 0 Å². The first-order valence-electron chi connectivity index (χ1n) is 4.55. The van der Waals surface area contributed by atoms with Gasteiger partial charge in [0.25, 0.3) is 0 Å². The SMILES string of the molecule is CNCCNCCN(C)CCN. The first-order valence-corrected chi connectivity index (χ1v) is 4.55. The van der Waals surface area contributed by atoms with E-state index in [4.69, 9.17) is 5.73 Å². The highest BCUT2D eigenvalue weighted by Gasteiger charge is 1.94. The Bertz CT molecular complexity index is 87.1. The molecule has 0 unspecified atom stereocenters. The van der Waals surface area contributed by atoms with Crippen LogP contribution < -0.4 is 16.4 Å². The fourth-order valence-corrected chi connectivity index (χ4v) is 0.940. The lowest BCUT2D eigenvalue weighted by Gasteiger charge is -2.15. The van der Waals surface area contributed by atoms with Gasteiger partial charge in [0.15, 0.2) is 0 Å². The highest BCUT2D eigenvalue weighted by molar-refractivity contribution is 4.55. The van der Waals surface area contributed by atoms with Crippen molar-refractivity contribution < 1.29 is 0 Å². The third-order valence-corrected chi connectivity index (χ3v) is 1.73. The molecule has 0 aliphatic carbocycles. The minimum absolute atomic E-state index is 0.743. The van der Waals surface area contributed by atoms with Crippen LogP contribution in [0.1, 0.15) is 0 Å². The monoisotopic (exact) mass is 174 g/mol. The quantitative estimate of drug-likeness (QED) is 0.400. The summed E-state index contributed by atoms with van der Waals surface area (Å²) in [6, 6.07) is 0. The second kappa shape index (κ2) is 8.93. The number of hydrogen-bond acceptors (Lipinski definition) is 4. The summed E-state index contributed by atoms with van der Waals surface area (Å²) in [4.78, 5) is 2.23. The van der Waals surface area contributed by atoms with Gasteiger partial charge in [-0.05, 0) is 14.1 Å². The van der Waals surface area contributed by atoms with Crippen LogP contribution in [0.2, 0.25) is 0 Å². The highest BCUT2D eigenvalue weighted by Crippen LogP contribution is 1.76. The normalized spacial score (nSPS) is 11.0. The Morgan fingerprint density at radius 2 is 1.92 bits per heavy atom. The second-order valence-corrected chi connectivity index (χ2v) is 2.95. The predicted molar refractivity (Wildman–Crippen MR) is 53.3 cm³/mol. The van der Waals surface area contributed by atoms with E-state index < -0.39 is 0 Å². The van der Waals surface area contributed by atoms with E-state index in [0.717, 1.165) is 39.3 Å². The van der Waals surface area contributed by atoms with Crippen molar-refractivity contribution in [1.29, 1.82) is 0 Å². The molecule has 4 nitrogen and oxygen atoms in total. The Kier molecular flexibility index (Phi) is 8.81. The van der Waals surface area contributed by atoms with Gasteiger partial charge in [0, 0.05) is 39.3 Å². The Morgan fingerprint density at radius 1 is 1.17 bits per heavy atom. The molecule has 0 aromatic heterocycles. The van der Waals surface area contributed by atoms with E-state index in [9.17, 15) is 0 Å². The smallest absolute Gasteiger partial charge is 0.0104 e. The molecule has 0 saturated heterocycles. The number of nitrogens with one attached hydrogen (secondary N) is 2. The van der Waals surface area contributed by atoms with Crippen molar-refractivity contribution in [1.82, 2.24) is 15.5 Å². The van der Waals surface area contributed by atoms with Gasteiger partial charge in [0.2, 0.25) is 0 Å². The van der Waals surface area contributed by atoms with E-state index in [1.807, 2.05) is 7.05 Å².